The van der Waals surface area contributed by atoms with Crippen LogP contribution >= 0.6 is 0 Å². The summed E-state index contributed by atoms with van der Waals surface area (Å²) in [6.45, 7) is 6.33. The van der Waals surface area contributed by atoms with Crippen molar-refractivity contribution < 1.29 is 9.59 Å². The summed E-state index contributed by atoms with van der Waals surface area (Å²) in [5.41, 5.74) is 1.25. The van der Waals surface area contributed by atoms with Gasteiger partial charge in [-0.2, -0.15) is 0 Å². The number of rotatable bonds is 5. The number of hydrogen-bond acceptors (Lipinski definition) is 3. The molecule has 5 heteroatoms. The van der Waals surface area contributed by atoms with Gasteiger partial charge in [0.2, 0.25) is 0 Å². The summed E-state index contributed by atoms with van der Waals surface area (Å²) < 4.78 is 0. The van der Waals surface area contributed by atoms with Gasteiger partial charge < -0.3 is 10.6 Å². The Kier molecular flexibility index (Phi) is 5.53. The van der Waals surface area contributed by atoms with Gasteiger partial charge in [-0.15, -0.1) is 6.58 Å². The molecule has 1 aromatic carbocycles. The quantitative estimate of drug-likeness (QED) is 0.636. The fourth-order valence-electron chi connectivity index (χ4n) is 4.21. The molecule has 2 amide bonds. The van der Waals surface area contributed by atoms with Gasteiger partial charge >= 0.3 is 6.03 Å². The minimum atomic E-state index is -0.194. The number of Topliss-reactive ketones (excluding diaryl/α,β-unsaturated/α-hetero) is 1. The van der Waals surface area contributed by atoms with Crippen molar-refractivity contribution in [2.75, 3.05) is 11.9 Å². The highest BCUT2D eigenvalue weighted by Crippen LogP contribution is 2.33. The van der Waals surface area contributed by atoms with E-state index >= 15 is 0 Å². The molecule has 2 aliphatic heterocycles. The molecule has 2 bridgehead atoms. The van der Waals surface area contributed by atoms with Crippen LogP contribution < -0.4 is 10.6 Å². The average Bonchev–Trinajstić information content (AvgIpc) is 2.56. The van der Waals surface area contributed by atoms with Crippen LogP contribution in [0.15, 0.2) is 36.9 Å². The molecule has 1 aromatic rings. The molecule has 25 heavy (non-hydrogen) atoms. The molecule has 3 atom stereocenters. The van der Waals surface area contributed by atoms with Crippen LogP contribution in [-0.2, 0) is 0 Å². The second-order valence-corrected chi connectivity index (χ2v) is 7.13. The zero-order valence-corrected chi connectivity index (χ0v) is 14.8. The smallest absolute Gasteiger partial charge is 0.319 e. The van der Waals surface area contributed by atoms with Gasteiger partial charge in [-0.05, 0) is 44.7 Å². The van der Waals surface area contributed by atoms with E-state index in [4.69, 9.17) is 0 Å². The predicted octanol–water partition coefficient (Wildman–Crippen LogP) is 3.58. The van der Waals surface area contributed by atoms with Crippen LogP contribution in [0.4, 0.5) is 10.5 Å². The number of piperidine rings is 2. The van der Waals surface area contributed by atoms with Crippen LogP contribution in [0.5, 0.6) is 0 Å². The van der Waals surface area contributed by atoms with E-state index in [0.29, 0.717) is 23.3 Å². The van der Waals surface area contributed by atoms with Gasteiger partial charge in [0.15, 0.2) is 5.78 Å². The van der Waals surface area contributed by atoms with E-state index in [1.807, 2.05) is 6.08 Å². The van der Waals surface area contributed by atoms with Crippen LogP contribution in [0.3, 0.4) is 0 Å². The largest absolute Gasteiger partial charge is 0.335 e. The summed E-state index contributed by atoms with van der Waals surface area (Å²) in [6.07, 6.45) is 7.64. The third-order valence-corrected chi connectivity index (χ3v) is 5.33. The van der Waals surface area contributed by atoms with Gasteiger partial charge in [-0.1, -0.05) is 24.6 Å². The number of anilines is 1. The van der Waals surface area contributed by atoms with Crippen molar-refractivity contribution in [3.8, 4) is 0 Å². The van der Waals surface area contributed by atoms with Gasteiger partial charge in [0.1, 0.15) is 0 Å². The molecule has 5 nitrogen and oxygen atoms in total. The Hall–Kier alpha value is -2.14. The SMILES string of the molecule is C=CCN1[C@@H]2CCC[C@H]1CC(NC(=O)Nc1cccc(C(C)=O)c1)C2. The van der Waals surface area contributed by atoms with Gasteiger partial charge in [0, 0.05) is 35.9 Å². The number of nitrogens with zero attached hydrogens (tertiary/aromatic N) is 1. The second-order valence-electron chi connectivity index (χ2n) is 7.13. The highest BCUT2D eigenvalue weighted by atomic mass is 16.2. The highest BCUT2D eigenvalue weighted by Gasteiger charge is 2.37. The van der Waals surface area contributed by atoms with E-state index in [-0.39, 0.29) is 17.9 Å². The normalized spacial score (nSPS) is 25.9. The number of urea groups is 1. The number of amides is 2. The standard InChI is InChI=1S/C20H27N3O2/c1-3-10-23-18-8-5-9-19(23)13-17(12-18)22-20(25)21-16-7-4-6-15(11-16)14(2)24/h3-4,6-7,11,17-19H,1,5,8-10,12-13H2,2H3,(H2,21,22,25)/t17?,18-,19+. The van der Waals surface area contributed by atoms with Crippen LogP contribution in [0.25, 0.3) is 0 Å². The van der Waals surface area contributed by atoms with E-state index in [2.05, 4.69) is 22.1 Å². The van der Waals surface area contributed by atoms with Crippen LogP contribution in [0.1, 0.15) is 49.4 Å². The van der Waals surface area contributed by atoms with Crippen molar-refractivity contribution in [1.29, 1.82) is 0 Å². The minimum absolute atomic E-state index is 0.00789. The van der Waals surface area contributed by atoms with Crippen LogP contribution in [0.2, 0.25) is 0 Å². The molecule has 134 valence electrons. The third-order valence-electron chi connectivity index (χ3n) is 5.33. The Morgan fingerprint density at radius 1 is 1.28 bits per heavy atom. The summed E-state index contributed by atoms with van der Waals surface area (Å²) >= 11 is 0. The number of fused-ring (bicyclic) bond motifs is 2. The first-order valence-electron chi connectivity index (χ1n) is 9.12. The zero-order valence-electron chi connectivity index (χ0n) is 14.8. The number of ketones is 1. The molecule has 3 rings (SSSR count). The number of benzene rings is 1. The number of carbonyl (C=O) groups excluding carboxylic acids is 2. The third kappa shape index (κ3) is 4.28. The van der Waals surface area contributed by atoms with Crippen molar-refractivity contribution in [2.45, 2.75) is 57.2 Å². The van der Waals surface area contributed by atoms with Crippen molar-refractivity contribution in [1.82, 2.24) is 10.2 Å². The first-order valence-corrected chi connectivity index (χ1v) is 9.12. The molecule has 2 heterocycles. The van der Waals surface area contributed by atoms with Crippen LogP contribution in [-0.4, -0.2) is 41.4 Å². The summed E-state index contributed by atoms with van der Waals surface area (Å²) in [6, 6.07) is 8.13. The predicted molar refractivity (Wildman–Crippen MR) is 100.0 cm³/mol. The molecule has 0 aromatic heterocycles. The van der Waals surface area contributed by atoms with Gasteiger partial charge in [-0.25, -0.2) is 4.79 Å². The Balaban J connectivity index is 1.58. The fourth-order valence-corrected chi connectivity index (χ4v) is 4.21. The Labute approximate surface area is 149 Å². The second kappa shape index (κ2) is 7.83. The maximum atomic E-state index is 12.4. The summed E-state index contributed by atoms with van der Waals surface area (Å²) in [5.74, 6) is -0.00789. The lowest BCUT2D eigenvalue weighted by atomic mass is 9.82. The maximum absolute atomic E-state index is 12.4. The Morgan fingerprint density at radius 3 is 2.64 bits per heavy atom. The molecule has 0 saturated carbocycles. The highest BCUT2D eigenvalue weighted by molar-refractivity contribution is 5.96. The first-order chi connectivity index (χ1) is 12.1. The molecule has 0 spiro atoms. The molecule has 0 aliphatic carbocycles. The first kappa shape index (κ1) is 17.7. The monoisotopic (exact) mass is 341 g/mol. The fraction of sp³-hybridized carbons (Fsp3) is 0.500. The topological polar surface area (TPSA) is 61.4 Å². The minimum Gasteiger partial charge on any atom is -0.335 e. The average molecular weight is 341 g/mol. The molecular weight excluding hydrogens is 314 g/mol. The lowest BCUT2D eigenvalue weighted by Gasteiger charge is -2.48. The summed E-state index contributed by atoms with van der Waals surface area (Å²) in [7, 11) is 0. The zero-order chi connectivity index (χ0) is 17.8. The van der Waals surface area contributed by atoms with E-state index in [1.54, 1.807) is 24.3 Å². The van der Waals surface area contributed by atoms with Gasteiger partial charge in [-0.3, -0.25) is 9.69 Å². The van der Waals surface area contributed by atoms with E-state index in [1.165, 1.54) is 26.2 Å². The molecule has 1 unspecified atom stereocenters. The van der Waals surface area contributed by atoms with Crippen molar-refractivity contribution in [2.24, 2.45) is 0 Å². The molecule has 0 radical (unpaired) electrons. The van der Waals surface area contributed by atoms with E-state index < -0.39 is 0 Å². The Morgan fingerprint density at radius 2 is 2.00 bits per heavy atom. The summed E-state index contributed by atoms with van der Waals surface area (Å²) in [4.78, 5) is 26.4. The van der Waals surface area contributed by atoms with Crippen molar-refractivity contribution in [3.63, 3.8) is 0 Å². The van der Waals surface area contributed by atoms with E-state index in [9.17, 15) is 9.59 Å². The lowest BCUT2D eigenvalue weighted by molar-refractivity contribution is 0.0375. The molecule has 2 saturated heterocycles. The van der Waals surface area contributed by atoms with Gasteiger partial charge in [0.25, 0.3) is 0 Å². The van der Waals surface area contributed by atoms with Crippen LogP contribution in [0, 0.1) is 0 Å². The van der Waals surface area contributed by atoms with Crippen molar-refractivity contribution in [3.05, 3.63) is 42.5 Å². The number of carbonyl (C=O) groups is 2. The maximum Gasteiger partial charge on any atom is 0.319 e. The number of nitrogens with one attached hydrogen (secondary N) is 2. The number of hydrogen-bond donors (Lipinski definition) is 2. The van der Waals surface area contributed by atoms with E-state index in [0.717, 1.165) is 19.4 Å². The molecular formula is C20H27N3O2. The molecule has 2 N–H and O–H groups in total. The van der Waals surface area contributed by atoms with Gasteiger partial charge in [0.05, 0.1) is 0 Å². The molecule has 2 fully saturated rings. The lowest BCUT2D eigenvalue weighted by Crippen LogP contribution is -2.57. The molecule has 2 aliphatic rings. The van der Waals surface area contributed by atoms with Crippen molar-refractivity contribution >= 4 is 17.5 Å². The Bertz CT molecular complexity index is 644. The summed E-state index contributed by atoms with van der Waals surface area (Å²) in [5, 5.41) is 5.97.